The summed E-state index contributed by atoms with van der Waals surface area (Å²) in [6, 6.07) is 2.70. The fourth-order valence-electron chi connectivity index (χ4n) is 1.25. The van der Waals surface area contributed by atoms with Crippen molar-refractivity contribution in [2.45, 2.75) is 39.8 Å². The molecule has 0 radical (unpaired) electrons. The van der Waals surface area contributed by atoms with Gasteiger partial charge < -0.3 is 5.32 Å². The molecule has 0 saturated carbocycles. The van der Waals surface area contributed by atoms with Crippen LogP contribution in [0.1, 0.15) is 31.7 Å². The predicted octanol–water partition coefficient (Wildman–Crippen LogP) is 1.62. The van der Waals surface area contributed by atoms with Gasteiger partial charge in [-0.1, -0.05) is 6.92 Å². The van der Waals surface area contributed by atoms with Crippen molar-refractivity contribution >= 4 is 0 Å². The Morgan fingerprint density at radius 2 is 2.31 bits per heavy atom. The Hall–Kier alpha value is -0.830. The van der Waals surface area contributed by atoms with E-state index in [0.717, 1.165) is 18.7 Å². The molecule has 1 aromatic rings. The minimum Gasteiger partial charge on any atom is -0.309 e. The topological polar surface area (TPSA) is 29.9 Å². The highest BCUT2D eigenvalue weighted by Gasteiger charge is 2.02. The van der Waals surface area contributed by atoms with Crippen LogP contribution in [0.5, 0.6) is 0 Å². The van der Waals surface area contributed by atoms with Crippen LogP contribution in [0, 0.1) is 6.92 Å². The van der Waals surface area contributed by atoms with Crippen molar-refractivity contribution in [3.63, 3.8) is 0 Å². The summed E-state index contributed by atoms with van der Waals surface area (Å²) >= 11 is 0. The Labute approximate surface area is 80.1 Å². The molecule has 0 aliphatic heterocycles. The van der Waals surface area contributed by atoms with Gasteiger partial charge in [-0.3, -0.25) is 4.68 Å². The number of aryl methyl sites for hydroxylation is 2. The van der Waals surface area contributed by atoms with E-state index in [2.05, 4.69) is 30.3 Å². The highest BCUT2D eigenvalue weighted by Crippen LogP contribution is 2.01. The Kier molecular flexibility index (Phi) is 3.48. The van der Waals surface area contributed by atoms with Gasteiger partial charge in [0.15, 0.2) is 0 Å². The standard InChI is InChI=1S/C10H19N3/c1-5-8(2)11-7-10-6-9(3)12-13(10)4/h6,8,11H,5,7H2,1-4H3. The monoisotopic (exact) mass is 181 g/mol. The number of nitrogens with zero attached hydrogens (tertiary/aromatic N) is 2. The fraction of sp³-hybridized carbons (Fsp3) is 0.700. The molecule has 1 heterocycles. The maximum atomic E-state index is 4.29. The van der Waals surface area contributed by atoms with Crippen molar-refractivity contribution in [1.29, 1.82) is 0 Å². The average Bonchev–Trinajstić information content (AvgIpc) is 2.41. The van der Waals surface area contributed by atoms with Gasteiger partial charge in [-0.25, -0.2) is 0 Å². The number of rotatable bonds is 4. The van der Waals surface area contributed by atoms with Crippen LogP contribution >= 0.6 is 0 Å². The lowest BCUT2D eigenvalue weighted by molar-refractivity contribution is 0.516. The van der Waals surface area contributed by atoms with Crippen LogP contribution < -0.4 is 5.32 Å². The van der Waals surface area contributed by atoms with Gasteiger partial charge in [0.25, 0.3) is 0 Å². The molecule has 1 aromatic heterocycles. The first-order valence-corrected chi connectivity index (χ1v) is 4.86. The van der Waals surface area contributed by atoms with Crippen molar-refractivity contribution in [2.24, 2.45) is 7.05 Å². The number of aromatic nitrogens is 2. The molecule has 0 aromatic carbocycles. The van der Waals surface area contributed by atoms with E-state index >= 15 is 0 Å². The molecular weight excluding hydrogens is 162 g/mol. The average molecular weight is 181 g/mol. The molecule has 0 bridgehead atoms. The van der Waals surface area contributed by atoms with Crippen molar-refractivity contribution in [2.75, 3.05) is 0 Å². The third-order valence-electron chi connectivity index (χ3n) is 2.34. The van der Waals surface area contributed by atoms with Crippen LogP contribution in [0.15, 0.2) is 6.07 Å². The van der Waals surface area contributed by atoms with E-state index in [0.29, 0.717) is 6.04 Å². The van der Waals surface area contributed by atoms with Crippen LogP contribution in [0.2, 0.25) is 0 Å². The quantitative estimate of drug-likeness (QED) is 0.765. The molecule has 0 aliphatic rings. The zero-order chi connectivity index (χ0) is 9.84. The summed E-state index contributed by atoms with van der Waals surface area (Å²) in [7, 11) is 1.99. The molecule has 0 aliphatic carbocycles. The van der Waals surface area contributed by atoms with Gasteiger partial charge in [-0.15, -0.1) is 0 Å². The summed E-state index contributed by atoms with van der Waals surface area (Å²) in [5.41, 5.74) is 2.33. The first-order valence-electron chi connectivity index (χ1n) is 4.86. The van der Waals surface area contributed by atoms with Crippen molar-refractivity contribution in [1.82, 2.24) is 15.1 Å². The van der Waals surface area contributed by atoms with E-state index in [4.69, 9.17) is 0 Å². The van der Waals surface area contributed by atoms with Gasteiger partial charge in [0.2, 0.25) is 0 Å². The zero-order valence-electron chi connectivity index (χ0n) is 8.96. The second-order valence-electron chi connectivity index (χ2n) is 3.59. The van der Waals surface area contributed by atoms with E-state index in [1.807, 2.05) is 18.7 Å². The number of hydrogen-bond donors (Lipinski definition) is 1. The van der Waals surface area contributed by atoms with Gasteiger partial charge >= 0.3 is 0 Å². The lowest BCUT2D eigenvalue weighted by atomic mass is 10.2. The Bertz CT molecular complexity index is 265. The molecule has 1 N–H and O–H groups in total. The van der Waals surface area contributed by atoms with Crippen LogP contribution in [0.4, 0.5) is 0 Å². The van der Waals surface area contributed by atoms with Crippen molar-refractivity contribution < 1.29 is 0 Å². The summed E-state index contributed by atoms with van der Waals surface area (Å²) in [6.45, 7) is 7.31. The second kappa shape index (κ2) is 4.42. The molecule has 1 rings (SSSR count). The van der Waals surface area contributed by atoms with E-state index in [1.54, 1.807) is 0 Å². The van der Waals surface area contributed by atoms with Crippen LogP contribution in [-0.4, -0.2) is 15.8 Å². The largest absolute Gasteiger partial charge is 0.309 e. The van der Waals surface area contributed by atoms with E-state index < -0.39 is 0 Å². The van der Waals surface area contributed by atoms with Gasteiger partial charge in [0, 0.05) is 19.6 Å². The molecule has 0 saturated heterocycles. The van der Waals surface area contributed by atoms with E-state index in [1.165, 1.54) is 5.69 Å². The molecule has 0 fully saturated rings. The SMILES string of the molecule is CCC(C)NCc1cc(C)nn1C. The fourth-order valence-corrected chi connectivity index (χ4v) is 1.25. The zero-order valence-corrected chi connectivity index (χ0v) is 8.96. The molecule has 0 spiro atoms. The molecule has 13 heavy (non-hydrogen) atoms. The van der Waals surface area contributed by atoms with Gasteiger partial charge in [0.05, 0.1) is 11.4 Å². The van der Waals surface area contributed by atoms with Gasteiger partial charge in [-0.2, -0.15) is 5.10 Å². The second-order valence-corrected chi connectivity index (χ2v) is 3.59. The normalized spacial score (nSPS) is 13.2. The number of nitrogens with one attached hydrogen (secondary N) is 1. The molecule has 74 valence electrons. The molecule has 1 atom stereocenters. The summed E-state index contributed by atoms with van der Waals surface area (Å²) in [5, 5.41) is 7.73. The minimum atomic E-state index is 0.579. The predicted molar refractivity (Wildman–Crippen MR) is 54.5 cm³/mol. The Morgan fingerprint density at radius 1 is 1.62 bits per heavy atom. The lowest BCUT2D eigenvalue weighted by Crippen LogP contribution is -2.25. The number of hydrogen-bond acceptors (Lipinski definition) is 2. The van der Waals surface area contributed by atoms with Gasteiger partial charge in [0.1, 0.15) is 0 Å². The summed E-state index contributed by atoms with van der Waals surface area (Å²) in [5.74, 6) is 0. The maximum Gasteiger partial charge on any atom is 0.0597 e. The van der Waals surface area contributed by atoms with Crippen molar-refractivity contribution in [3.8, 4) is 0 Å². The summed E-state index contributed by atoms with van der Waals surface area (Å²) in [6.07, 6.45) is 1.16. The first-order chi connectivity index (χ1) is 6.13. The molecule has 0 amide bonds. The maximum absolute atomic E-state index is 4.29. The highest BCUT2D eigenvalue weighted by molar-refractivity contribution is 5.08. The Morgan fingerprint density at radius 3 is 2.77 bits per heavy atom. The highest BCUT2D eigenvalue weighted by atomic mass is 15.3. The van der Waals surface area contributed by atoms with Crippen LogP contribution in [0.3, 0.4) is 0 Å². The first kappa shape index (κ1) is 10.3. The van der Waals surface area contributed by atoms with Crippen LogP contribution in [0.25, 0.3) is 0 Å². The molecule has 3 nitrogen and oxygen atoms in total. The van der Waals surface area contributed by atoms with E-state index in [9.17, 15) is 0 Å². The third-order valence-corrected chi connectivity index (χ3v) is 2.34. The van der Waals surface area contributed by atoms with E-state index in [-0.39, 0.29) is 0 Å². The molecular formula is C10H19N3. The summed E-state index contributed by atoms with van der Waals surface area (Å²) < 4.78 is 1.94. The third kappa shape index (κ3) is 2.84. The van der Waals surface area contributed by atoms with Gasteiger partial charge in [-0.05, 0) is 26.3 Å². The molecule has 3 heteroatoms. The van der Waals surface area contributed by atoms with Crippen LogP contribution in [-0.2, 0) is 13.6 Å². The smallest absolute Gasteiger partial charge is 0.0597 e. The summed E-state index contributed by atoms with van der Waals surface area (Å²) in [4.78, 5) is 0. The minimum absolute atomic E-state index is 0.579. The molecule has 1 unspecified atom stereocenters. The Balaban J connectivity index is 2.49. The lowest BCUT2D eigenvalue weighted by Gasteiger charge is -2.10. The van der Waals surface area contributed by atoms with Crippen molar-refractivity contribution in [3.05, 3.63) is 17.5 Å².